The van der Waals surface area contributed by atoms with Gasteiger partial charge in [-0.25, -0.2) is 0 Å². The average Bonchev–Trinajstić information content (AvgIpc) is 2.65. The average molecular weight is 340 g/mol. The third kappa shape index (κ3) is 6.79. The largest absolute Gasteiger partial charge is 0.466 e. The Morgan fingerprint density at radius 2 is 1.52 bits per heavy atom. The number of hydrogen-bond donors (Lipinski definition) is 0. The number of carbonyl (C=O) groups is 2. The van der Waals surface area contributed by atoms with E-state index in [1.807, 2.05) is 30.3 Å². The summed E-state index contributed by atoms with van der Waals surface area (Å²) in [6.07, 6.45) is 3.28. The van der Waals surface area contributed by atoms with Crippen molar-refractivity contribution in [3.05, 3.63) is 60.2 Å². The lowest BCUT2D eigenvalue weighted by Gasteiger charge is -2.07. The van der Waals surface area contributed by atoms with Crippen molar-refractivity contribution in [1.82, 2.24) is 0 Å². The molecule has 0 aromatic heterocycles. The van der Waals surface area contributed by atoms with E-state index in [1.165, 1.54) is 0 Å². The lowest BCUT2D eigenvalue weighted by molar-refractivity contribution is -0.143. The summed E-state index contributed by atoms with van der Waals surface area (Å²) in [5.41, 5.74) is 0.569. The van der Waals surface area contributed by atoms with Crippen LogP contribution in [0.15, 0.2) is 54.6 Å². The molecular formula is C21H24O4. The molecule has 0 amide bonds. The van der Waals surface area contributed by atoms with Gasteiger partial charge in [-0.2, -0.15) is 0 Å². The number of unbranched alkanes of at least 4 members (excludes halogenated alkanes) is 2. The second-order valence-corrected chi connectivity index (χ2v) is 5.79. The van der Waals surface area contributed by atoms with Gasteiger partial charge in [0.1, 0.15) is 11.5 Å². The van der Waals surface area contributed by atoms with Gasteiger partial charge in [-0.15, -0.1) is 0 Å². The first-order chi connectivity index (χ1) is 12.2. The van der Waals surface area contributed by atoms with E-state index >= 15 is 0 Å². The summed E-state index contributed by atoms with van der Waals surface area (Å²) in [4.78, 5) is 23.8. The monoisotopic (exact) mass is 340 g/mol. The highest BCUT2D eigenvalue weighted by Gasteiger charge is 2.10. The Balaban J connectivity index is 1.77. The molecule has 0 fully saturated rings. The van der Waals surface area contributed by atoms with E-state index < -0.39 is 0 Å². The number of ether oxygens (including phenoxy) is 2. The first-order valence-corrected chi connectivity index (χ1v) is 8.71. The fraction of sp³-hybridized carbons (Fsp3) is 0.333. The molecule has 0 unspecified atom stereocenters. The minimum atomic E-state index is -0.312. The van der Waals surface area contributed by atoms with Crippen LogP contribution in [0, 0.1) is 0 Å². The maximum absolute atomic E-state index is 12.1. The van der Waals surface area contributed by atoms with Gasteiger partial charge in [0.2, 0.25) is 0 Å². The molecule has 0 radical (unpaired) electrons. The summed E-state index contributed by atoms with van der Waals surface area (Å²) in [5.74, 6) is 1.02. The van der Waals surface area contributed by atoms with Crippen LogP contribution in [0.3, 0.4) is 0 Å². The van der Waals surface area contributed by atoms with E-state index in [4.69, 9.17) is 9.47 Å². The number of ketones is 1. The smallest absolute Gasteiger partial charge is 0.306 e. The quantitative estimate of drug-likeness (QED) is 0.340. The Bertz CT molecular complexity index is 662. The van der Waals surface area contributed by atoms with Crippen LogP contribution in [0.4, 0.5) is 0 Å². The Kier molecular flexibility index (Phi) is 7.70. The zero-order valence-electron chi connectivity index (χ0n) is 14.6. The molecule has 0 bridgehead atoms. The van der Waals surface area contributed by atoms with Crippen LogP contribution in [0.2, 0.25) is 0 Å². The Morgan fingerprint density at radius 3 is 2.20 bits per heavy atom. The highest BCUT2D eigenvalue weighted by Crippen LogP contribution is 2.21. The molecule has 0 N–H and O–H groups in total. The molecule has 132 valence electrons. The van der Waals surface area contributed by atoms with E-state index in [0.29, 0.717) is 17.9 Å². The minimum Gasteiger partial charge on any atom is -0.466 e. The molecular weight excluding hydrogens is 316 g/mol. The highest BCUT2D eigenvalue weighted by atomic mass is 16.5. The molecule has 0 aliphatic carbocycles. The van der Waals surface area contributed by atoms with Crippen LogP contribution in [0.1, 0.15) is 49.4 Å². The first-order valence-electron chi connectivity index (χ1n) is 8.71. The predicted molar refractivity (Wildman–Crippen MR) is 97.0 cm³/mol. The number of esters is 1. The van der Waals surface area contributed by atoms with Gasteiger partial charge >= 0.3 is 5.97 Å². The van der Waals surface area contributed by atoms with Gasteiger partial charge < -0.3 is 9.47 Å². The van der Waals surface area contributed by atoms with Crippen molar-refractivity contribution in [2.45, 2.75) is 39.0 Å². The molecule has 25 heavy (non-hydrogen) atoms. The first kappa shape index (κ1) is 18.7. The number of carbonyl (C=O) groups excluding carboxylic acids is 2. The summed E-state index contributed by atoms with van der Waals surface area (Å²) in [6, 6.07) is 16.4. The molecule has 2 aromatic carbocycles. The van der Waals surface area contributed by atoms with Gasteiger partial charge in [-0.3, -0.25) is 9.59 Å². The number of benzene rings is 2. The molecule has 0 spiro atoms. The summed E-state index contributed by atoms with van der Waals surface area (Å²) < 4.78 is 10.8. The minimum absolute atomic E-state index is 0.0724. The molecule has 4 nitrogen and oxygen atoms in total. The molecule has 2 rings (SSSR count). The van der Waals surface area contributed by atoms with Crippen molar-refractivity contribution < 1.29 is 19.1 Å². The van der Waals surface area contributed by atoms with E-state index in [0.717, 1.165) is 25.0 Å². The standard InChI is InChI=1S/C21H24O4/c1-2-3-7-16-24-21(23)15-14-20(22)17-10-12-19(13-11-17)25-18-8-5-4-6-9-18/h4-6,8-13H,2-3,7,14-16H2,1H3. The zero-order valence-corrected chi connectivity index (χ0v) is 14.6. The number of hydrogen-bond acceptors (Lipinski definition) is 4. The van der Waals surface area contributed by atoms with Gasteiger partial charge in [0, 0.05) is 12.0 Å². The summed E-state index contributed by atoms with van der Waals surface area (Å²) in [5, 5.41) is 0. The fourth-order valence-electron chi connectivity index (χ4n) is 2.30. The lowest BCUT2D eigenvalue weighted by Crippen LogP contribution is -2.09. The second-order valence-electron chi connectivity index (χ2n) is 5.79. The third-order valence-electron chi connectivity index (χ3n) is 3.72. The van der Waals surface area contributed by atoms with E-state index in [9.17, 15) is 9.59 Å². The van der Waals surface area contributed by atoms with Gasteiger partial charge in [0.15, 0.2) is 5.78 Å². The van der Waals surface area contributed by atoms with Crippen molar-refractivity contribution in [3.8, 4) is 11.5 Å². The number of para-hydroxylation sites is 1. The fourth-order valence-corrected chi connectivity index (χ4v) is 2.30. The van der Waals surface area contributed by atoms with Crippen molar-refractivity contribution in [2.75, 3.05) is 6.61 Å². The van der Waals surface area contributed by atoms with Crippen LogP contribution in [0.25, 0.3) is 0 Å². The summed E-state index contributed by atoms with van der Waals surface area (Å²) >= 11 is 0. The topological polar surface area (TPSA) is 52.6 Å². The molecule has 2 aromatic rings. The Morgan fingerprint density at radius 1 is 0.840 bits per heavy atom. The van der Waals surface area contributed by atoms with Crippen molar-refractivity contribution >= 4 is 11.8 Å². The van der Waals surface area contributed by atoms with E-state index in [2.05, 4.69) is 6.92 Å². The number of Topliss-reactive ketones (excluding diaryl/α,β-unsaturated/α-hetero) is 1. The molecule has 0 aliphatic heterocycles. The molecule has 0 aliphatic rings. The Labute approximate surface area is 148 Å². The summed E-state index contributed by atoms with van der Waals surface area (Å²) in [6.45, 7) is 2.53. The second kappa shape index (κ2) is 10.3. The maximum atomic E-state index is 12.1. The van der Waals surface area contributed by atoms with Crippen molar-refractivity contribution in [3.63, 3.8) is 0 Å². The number of rotatable bonds is 10. The molecule has 4 heteroatoms. The van der Waals surface area contributed by atoms with Crippen LogP contribution in [-0.2, 0) is 9.53 Å². The van der Waals surface area contributed by atoms with E-state index in [-0.39, 0.29) is 24.6 Å². The molecule has 0 saturated carbocycles. The van der Waals surface area contributed by atoms with Crippen LogP contribution >= 0.6 is 0 Å². The zero-order chi connectivity index (χ0) is 17.9. The van der Waals surface area contributed by atoms with Gasteiger partial charge in [0.25, 0.3) is 0 Å². The van der Waals surface area contributed by atoms with E-state index in [1.54, 1.807) is 24.3 Å². The summed E-state index contributed by atoms with van der Waals surface area (Å²) in [7, 11) is 0. The SMILES string of the molecule is CCCCCOC(=O)CCC(=O)c1ccc(Oc2ccccc2)cc1. The molecule has 0 heterocycles. The van der Waals surface area contributed by atoms with Crippen LogP contribution in [0.5, 0.6) is 11.5 Å². The highest BCUT2D eigenvalue weighted by molar-refractivity contribution is 5.97. The van der Waals surface area contributed by atoms with Crippen LogP contribution < -0.4 is 4.74 Å². The van der Waals surface area contributed by atoms with Crippen molar-refractivity contribution in [1.29, 1.82) is 0 Å². The van der Waals surface area contributed by atoms with Gasteiger partial charge in [-0.1, -0.05) is 38.0 Å². The normalized spacial score (nSPS) is 10.3. The predicted octanol–water partition coefficient (Wildman–Crippen LogP) is 5.18. The Hall–Kier alpha value is -2.62. The lowest BCUT2D eigenvalue weighted by atomic mass is 10.1. The van der Waals surface area contributed by atoms with Crippen molar-refractivity contribution in [2.24, 2.45) is 0 Å². The maximum Gasteiger partial charge on any atom is 0.306 e. The van der Waals surface area contributed by atoms with Gasteiger partial charge in [0.05, 0.1) is 13.0 Å². The molecule has 0 atom stereocenters. The van der Waals surface area contributed by atoms with Crippen LogP contribution in [-0.4, -0.2) is 18.4 Å². The third-order valence-corrected chi connectivity index (χ3v) is 3.72. The van der Waals surface area contributed by atoms with Gasteiger partial charge in [-0.05, 0) is 42.8 Å². The molecule has 0 saturated heterocycles.